The van der Waals surface area contributed by atoms with Crippen LogP contribution in [0.2, 0.25) is 0 Å². The number of carbonyl (C=O) groups is 2. The van der Waals surface area contributed by atoms with E-state index in [-0.39, 0.29) is 24.5 Å². The Kier molecular flexibility index (Phi) is 6.61. The normalized spacial score (nSPS) is 12.4. The molecule has 1 aromatic carbocycles. The van der Waals surface area contributed by atoms with Crippen LogP contribution < -0.4 is 0 Å². The third-order valence-corrected chi connectivity index (χ3v) is 3.47. The lowest BCUT2D eigenvalue weighted by Crippen LogP contribution is -2.40. The first-order chi connectivity index (χ1) is 10.6. The van der Waals surface area contributed by atoms with E-state index in [9.17, 15) is 9.59 Å². The first-order valence-electron chi connectivity index (χ1n) is 7.73. The maximum atomic E-state index is 12.1. The van der Waals surface area contributed by atoms with Gasteiger partial charge in [0.25, 0.3) is 0 Å². The molecule has 0 spiro atoms. The molecule has 128 valence electrons. The summed E-state index contributed by atoms with van der Waals surface area (Å²) in [6.45, 7) is 7.53. The number of benzene rings is 1. The zero-order chi connectivity index (χ0) is 17.6. The Morgan fingerprint density at radius 3 is 2.13 bits per heavy atom. The Morgan fingerprint density at radius 1 is 1.13 bits per heavy atom. The minimum absolute atomic E-state index is 0.0105. The van der Waals surface area contributed by atoms with Crippen molar-refractivity contribution in [3.8, 4) is 0 Å². The van der Waals surface area contributed by atoms with Gasteiger partial charge in [0, 0.05) is 13.1 Å². The number of nitrogens with zero attached hydrogens (tertiary/aromatic N) is 1. The molecule has 5 nitrogen and oxygen atoms in total. The van der Waals surface area contributed by atoms with E-state index in [0.29, 0.717) is 6.42 Å². The molecule has 1 rings (SSSR count). The predicted molar refractivity (Wildman–Crippen MR) is 89.3 cm³/mol. The summed E-state index contributed by atoms with van der Waals surface area (Å²) in [7, 11) is 3.12. The largest absolute Gasteiger partial charge is 0.469 e. The van der Waals surface area contributed by atoms with Crippen molar-refractivity contribution in [3.63, 3.8) is 0 Å². The average Bonchev–Trinajstić information content (AvgIpc) is 2.46. The molecule has 1 unspecified atom stereocenters. The number of ether oxygens (including phenoxy) is 2. The molecule has 0 aliphatic heterocycles. The molecule has 1 atom stereocenters. The highest BCUT2D eigenvalue weighted by atomic mass is 16.6. The van der Waals surface area contributed by atoms with Crippen molar-refractivity contribution in [3.05, 3.63) is 35.4 Å². The molecule has 0 aromatic heterocycles. The van der Waals surface area contributed by atoms with Crippen LogP contribution in [0.3, 0.4) is 0 Å². The van der Waals surface area contributed by atoms with Crippen molar-refractivity contribution in [2.24, 2.45) is 0 Å². The average molecular weight is 321 g/mol. The molecule has 1 amide bonds. The van der Waals surface area contributed by atoms with Gasteiger partial charge in [0.2, 0.25) is 0 Å². The van der Waals surface area contributed by atoms with Crippen molar-refractivity contribution in [1.82, 2.24) is 4.90 Å². The lowest BCUT2D eigenvalue weighted by Gasteiger charge is -2.28. The maximum absolute atomic E-state index is 12.1. The van der Waals surface area contributed by atoms with Gasteiger partial charge >= 0.3 is 12.1 Å². The van der Waals surface area contributed by atoms with E-state index in [2.05, 4.69) is 4.74 Å². The van der Waals surface area contributed by atoms with Gasteiger partial charge in [0.1, 0.15) is 5.60 Å². The summed E-state index contributed by atoms with van der Waals surface area (Å²) in [5.74, 6) is -0.254. The van der Waals surface area contributed by atoms with E-state index >= 15 is 0 Å². The minimum Gasteiger partial charge on any atom is -0.469 e. The van der Waals surface area contributed by atoms with Crippen LogP contribution in [0.4, 0.5) is 4.79 Å². The molecule has 23 heavy (non-hydrogen) atoms. The zero-order valence-corrected chi connectivity index (χ0v) is 14.9. The van der Waals surface area contributed by atoms with Crippen LogP contribution in [0.1, 0.15) is 38.8 Å². The predicted octanol–water partition coefficient (Wildman–Crippen LogP) is 3.20. The Morgan fingerprint density at radius 2 is 1.65 bits per heavy atom. The van der Waals surface area contributed by atoms with Gasteiger partial charge in [-0.05, 0) is 45.2 Å². The van der Waals surface area contributed by atoms with Gasteiger partial charge in [-0.1, -0.05) is 24.3 Å². The Balaban J connectivity index is 2.61. The number of rotatable bonds is 5. The van der Waals surface area contributed by atoms with Gasteiger partial charge in [-0.3, -0.25) is 4.79 Å². The van der Waals surface area contributed by atoms with Crippen LogP contribution in [0.5, 0.6) is 0 Å². The molecule has 0 aliphatic carbocycles. The van der Waals surface area contributed by atoms with Crippen molar-refractivity contribution in [1.29, 1.82) is 0 Å². The number of carbonyl (C=O) groups excluding carboxylic acids is 2. The third-order valence-electron chi connectivity index (χ3n) is 3.47. The second kappa shape index (κ2) is 7.99. The van der Waals surface area contributed by atoms with Gasteiger partial charge in [-0.25, -0.2) is 4.79 Å². The summed E-state index contributed by atoms with van der Waals surface area (Å²) >= 11 is 0. The van der Waals surface area contributed by atoms with E-state index in [1.165, 1.54) is 7.11 Å². The second-order valence-electron chi connectivity index (χ2n) is 6.71. The lowest BCUT2D eigenvalue weighted by molar-refractivity contribution is -0.139. The Labute approximate surface area is 138 Å². The summed E-state index contributed by atoms with van der Waals surface area (Å²) in [5.41, 5.74) is 1.51. The molecular weight excluding hydrogens is 294 g/mol. The first-order valence-corrected chi connectivity index (χ1v) is 7.73. The SMILES string of the molecule is COC(=O)Cc1ccc(CC(C)N(C)C(=O)OC(C)(C)C)cc1. The molecule has 5 heteroatoms. The lowest BCUT2D eigenvalue weighted by atomic mass is 10.0. The van der Waals surface area contributed by atoms with Crippen LogP contribution in [-0.2, 0) is 27.1 Å². The molecule has 0 radical (unpaired) electrons. The van der Waals surface area contributed by atoms with Crippen LogP contribution in [0.15, 0.2) is 24.3 Å². The minimum atomic E-state index is -0.499. The zero-order valence-electron chi connectivity index (χ0n) is 14.9. The topological polar surface area (TPSA) is 55.8 Å². The van der Waals surface area contributed by atoms with Gasteiger partial charge in [0.15, 0.2) is 0 Å². The number of likely N-dealkylation sites (N-methyl/N-ethyl adjacent to an activating group) is 1. The van der Waals surface area contributed by atoms with Crippen molar-refractivity contribution >= 4 is 12.1 Å². The highest BCUT2D eigenvalue weighted by Gasteiger charge is 2.23. The molecule has 1 aromatic rings. The molecular formula is C18H27NO4. The van der Waals surface area contributed by atoms with Crippen LogP contribution in [0, 0.1) is 0 Å². The van der Waals surface area contributed by atoms with E-state index in [1.54, 1.807) is 11.9 Å². The number of esters is 1. The van der Waals surface area contributed by atoms with E-state index in [0.717, 1.165) is 11.1 Å². The molecule has 0 heterocycles. The van der Waals surface area contributed by atoms with Gasteiger partial charge < -0.3 is 14.4 Å². The van der Waals surface area contributed by atoms with Crippen LogP contribution in [0.25, 0.3) is 0 Å². The summed E-state index contributed by atoms with van der Waals surface area (Å²) in [4.78, 5) is 24.9. The molecule has 0 saturated heterocycles. The highest BCUT2D eigenvalue weighted by Crippen LogP contribution is 2.14. The van der Waals surface area contributed by atoms with Crippen molar-refractivity contribution in [2.45, 2.75) is 52.2 Å². The Bertz CT molecular complexity index is 531. The maximum Gasteiger partial charge on any atom is 0.410 e. The monoisotopic (exact) mass is 321 g/mol. The molecule has 0 aliphatic rings. The molecule has 0 fully saturated rings. The molecule has 0 saturated carbocycles. The fourth-order valence-corrected chi connectivity index (χ4v) is 2.02. The fraction of sp³-hybridized carbons (Fsp3) is 0.556. The third kappa shape index (κ3) is 6.72. The van der Waals surface area contributed by atoms with Crippen molar-refractivity contribution < 1.29 is 19.1 Å². The summed E-state index contributed by atoms with van der Waals surface area (Å²) in [6, 6.07) is 7.77. The number of amides is 1. The van der Waals surface area contributed by atoms with E-state index in [1.807, 2.05) is 52.0 Å². The van der Waals surface area contributed by atoms with Gasteiger partial charge in [0.05, 0.1) is 13.5 Å². The quantitative estimate of drug-likeness (QED) is 0.782. The van der Waals surface area contributed by atoms with E-state index < -0.39 is 5.60 Å². The van der Waals surface area contributed by atoms with Gasteiger partial charge in [-0.15, -0.1) is 0 Å². The van der Waals surface area contributed by atoms with Crippen LogP contribution >= 0.6 is 0 Å². The molecule has 0 bridgehead atoms. The van der Waals surface area contributed by atoms with Crippen LogP contribution in [-0.4, -0.2) is 42.8 Å². The second-order valence-corrected chi connectivity index (χ2v) is 6.71. The summed E-state index contributed by atoms with van der Waals surface area (Å²) in [6.07, 6.45) is 0.658. The number of hydrogen-bond donors (Lipinski definition) is 0. The summed E-state index contributed by atoms with van der Waals surface area (Å²) in [5, 5.41) is 0. The molecule has 0 N–H and O–H groups in total. The summed E-state index contributed by atoms with van der Waals surface area (Å²) < 4.78 is 10.0. The Hall–Kier alpha value is -2.04. The highest BCUT2D eigenvalue weighted by molar-refractivity contribution is 5.72. The fourth-order valence-electron chi connectivity index (χ4n) is 2.02. The first kappa shape index (κ1) is 19.0. The standard InChI is InChI=1S/C18H27NO4/c1-13(19(5)17(21)23-18(2,3)4)11-14-7-9-15(10-8-14)12-16(20)22-6/h7-10,13H,11-12H2,1-6H3. The van der Waals surface area contributed by atoms with E-state index in [4.69, 9.17) is 4.74 Å². The smallest absolute Gasteiger partial charge is 0.410 e. The number of methoxy groups -OCH3 is 1. The van der Waals surface area contributed by atoms with Gasteiger partial charge in [-0.2, -0.15) is 0 Å². The van der Waals surface area contributed by atoms with Crippen molar-refractivity contribution in [2.75, 3.05) is 14.2 Å². The number of hydrogen-bond acceptors (Lipinski definition) is 4.